The molecule has 0 aliphatic heterocycles. The molecule has 0 bridgehead atoms. The van der Waals surface area contributed by atoms with Crippen LogP contribution in [0.3, 0.4) is 0 Å². The molecule has 0 fully saturated rings. The van der Waals surface area contributed by atoms with Crippen molar-refractivity contribution in [3.63, 3.8) is 0 Å². The molecule has 0 aliphatic carbocycles. The van der Waals surface area contributed by atoms with Crippen LogP contribution in [0.15, 0.2) is 17.6 Å². The van der Waals surface area contributed by atoms with Crippen molar-refractivity contribution in [2.45, 2.75) is 20.3 Å². The smallest absolute Gasteiger partial charge is 0.0476 e. The Morgan fingerprint density at radius 3 is 2.67 bits per heavy atom. The van der Waals surface area contributed by atoms with Crippen molar-refractivity contribution in [1.82, 2.24) is 0 Å². The lowest BCUT2D eigenvalue weighted by Gasteiger charge is -2.15. The van der Waals surface area contributed by atoms with Crippen molar-refractivity contribution in [3.05, 3.63) is 12.7 Å². The number of thioether (sulfide) groups is 1. The fourth-order valence-electron chi connectivity index (χ4n) is 0.880. The van der Waals surface area contributed by atoms with E-state index in [0.717, 1.165) is 18.7 Å². The topological polar surface area (TPSA) is 12.4 Å². The van der Waals surface area contributed by atoms with Gasteiger partial charge in [0.1, 0.15) is 0 Å². The van der Waals surface area contributed by atoms with Gasteiger partial charge in [0, 0.05) is 23.9 Å². The van der Waals surface area contributed by atoms with Gasteiger partial charge >= 0.3 is 0 Å². The molecule has 0 N–H and O–H groups in total. The van der Waals surface area contributed by atoms with Crippen molar-refractivity contribution >= 4 is 18.0 Å². The minimum absolute atomic E-state index is 0.181. The predicted molar refractivity (Wildman–Crippen MR) is 60.3 cm³/mol. The van der Waals surface area contributed by atoms with E-state index in [9.17, 15) is 0 Å². The lowest BCUT2D eigenvalue weighted by molar-refractivity contribution is 0.545. The van der Waals surface area contributed by atoms with E-state index >= 15 is 0 Å². The molecular weight excluding hydrogens is 166 g/mol. The Hall–Kier alpha value is -0.240. The summed E-state index contributed by atoms with van der Waals surface area (Å²) in [4.78, 5) is 4.36. The van der Waals surface area contributed by atoms with E-state index in [0.29, 0.717) is 0 Å². The van der Waals surface area contributed by atoms with Crippen molar-refractivity contribution in [3.8, 4) is 0 Å². The molecule has 0 aromatic heterocycles. The van der Waals surface area contributed by atoms with Crippen LogP contribution in [0.5, 0.6) is 0 Å². The molecule has 0 radical (unpaired) electrons. The molecule has 0 aromatic carbocycles. The van der Waals surface area contributed by atoms with E-state index in [4.69, 9.17) is 0 Å². The molecule has 0 aromatic rings. The van der Waals surface area contributed by atoms with E-state index in [1.165, 1.54) is 0 Å². The molecule has 2 heteroatoms. The summed E-state index contributed by atoms with van der Waals surface area (Å²) < 4.78 is 0. The van der Waals surface area contributed by atoms with E-state index < -0.39 is 0 Å². The van der Waals surface area contributed by atoms with Gasteiger partial charge in [0.25, 0.3) is 0 Å². The van der Waals surface area contributed by atoms with Gasteiger partial charge in [0.2, 0.25) is 0 Å². The second-order valence-corrected chi connectivity index (χ2v) is 4.50. The minimum atomic E-state index is 0.181. The molecule has 0 unspecified atom stereocenters. The highest BCUT2D eigenvalue weighted by molar-refractivity contribution is 7.98. The van der Waals surface area contributed by atoms with Gasteiger partial charge in [-0.2, -0.15) is 11.8 Å². The van der Waals surface area contributed by atoms with Crippen LogP contribution < -0.4 is 0 Å². The molecule has 0 rings (SSSR count). The number of aliphatic imine (C=N–C) groups is 1. The molecule has 0 saturated heterocycles. The van der Waals surface area contributed by atoms with Crippen LogP contribution in [-0.4, -0.2) is 24.8 Å². The summed E-state index contributed by atoms with van der Waals surface area (Å²) in [5, 5.41) is 0. The van der Waals surface area contributed by atoms with Crippen LogP contribution in [0.1, 0.15) is 20.3 Å². The quantitative estimate of drug-likeness (QED) is 0.352. The lowest BCUT2D eigenvalue weighted by atomic mass is 9.91. The first-order valence-electron chi connectivity index (χ1n) is 4.23. The minimum Gasteiger partial charge on any atom is -0.296 e. The Bertz CT molecular complexity index is 150. The third-order valence-corrected chi connectivity index (χ3v) is 2.13. The summed E-state index contributed by atoms with van der Waals surface area (Å²) in [5.74, 6) is 1.11. The molecule has 70 valence electrons. The van der Waals surface area contributed by atoms with Crippen LogP contribution in [0.2, 0.25) is 0 Å². The van der Waals surface area contributed by atoms with E-state index in [1.807, 2.05) is 24.1 Å². The third-order valence-electron chi connectivity index (χ3n) is 1.54. The van der Waals surface area contributed by atoms with Crippen molar-refractivity contribution in [2.75, 3.05) is 18.6 Å². The van der Waals surface area contributed by atoms with Gasteiger partial charge in [-0.15, -0.1) is 6.58 Å². The van der Waals surface area contributed by atoms with Crippen LogP contribution in [-0.2, 0) is 0 Å². The Morgan fingerprint density at radius 1 is 1.50 bits per heavy atom. The zero-order valence-corrected chi connectivity index (χ0v) is 9.16. The number of nitrogens with zero attached hydrogens (tertiary/aromatic N) is 1. The highest BCUT2D eigenvalue weighted by atomic mass is 32.2. The second-order valence-electron chi connectivity index (χ2n) is 3.51. The normalized spacial score (nSPS) is 12.2. The molecule has 0 amide bonds. The van der Waals surface area contributed by atoms with Gasteiger partial charge in [-0.05, 0) is 12.7 Å². The Morgan fingerprint density at radius 2 is 2.17 bits per heavy atom. The summed E-state index contributed by atoms with van der Waals surface area (Å²) in [7, 11) is 0. The largest absolute Gasteiger partial charge is 0.296 e. The Labute approximate surface area is 80.4 Å². The molecule has 0 spiro atoms. The maximum absolute atomic E-state index is 4.36. The zero-order valence-electron chi connectivity index (χ0n) is 8.34. The highest BCUT2D eigenvalue weighted by Gasteiger charge is 2.11. The van der Waals surface area contributed by atoms with Gasteiger partial charge in [0.05, 0.1) is 0 Å². The molecule has 0 saturated carbocycles. The van der Waals surface area contributed by atoms with E-state index in [1.54, 1.807) is 0 Å². The third kappa shape index (κ3) is 6.47. The van der Waals surface area contributed by atoms with Gasteiger partial charge in [-0.3, -0.25) is 4.99 Å². The number of hydrogen-bond acceptors (Lipinski definition) is 2. The van der Waals surface area contributed by atoms with Crippen LogP contribution in [0.25, 0.3) is 0 Å². The number of rotatable bonds is 6. The average Bonchev–Trinajstić information content (AvgIpc) is 1.98. The van der Waals surface area contributed by atoms with Crippen LogP contribution >= 0.6 is 11.8 Å². The summed E-state index contributed by atoms with van der Waals surface area (Å²) in [5.41, 5.74) is 0.181. The molecular formula is C10H19NS. The second kappa shape index (κ2) is 6.30. The molecule has 1 nitrogen and oxygen atoms in total. The average molecular weight is 185 g/mol. The number of hydrogen-bond donors (Lipinski definition) is 0. The van der Waals surface area contributed by atoms with Gasteiger partial charge in [0.15, 0.2) is 0 Å². The van der Waals surface area contributed by atoms with Crippen molar-refractivity contribution in [2.24, 2.45) is 10.4 Å². The Balaban J connectivity index is 3.70. The first kappa shape index (κ1) is 11.8. The molecule has 0 atom stereocenters. The Kier molecular flexibility index (Phi) is 6.17. The maximum Gasteiger partial charge on any atom is 0.0476 e. The number of allylic oxidation sites excluding steroid dienone is 1. The molecule has 0 heterocycles. The standard InChI is InChI=1S/C10H19NS/c1-5-6-10(2,3)9-11-7-8-12-4/h5,9H,1,6-8H2,2-4H3. The SMILES string of the molecule is C=CCC(C)(C)C=NCCSC. The zero-order chi connectivity index (χ0) is 9.45. The maximum atomic E-state index is 4.36. The van der Waals surface area contributed by atoms with Crippen LogP contribution in [0, 0.1) is 5.41 Å². The van der Waals surface area contributed by atoms with Crippen LogP contribution in [0.4, 0.5) is 0 Å². The fraction of sp³-hybridized carbons (Fsp3) is 0.700. The molecule has 12 heavy (non-hydrogen) atoms. The predicted octanol–water partition coefficient (Wildman–Crippen LogP) is 3.02. The first-order chi connectivity index (χ1) is 5.62. The van der Waals surface area contributed by atoms with Gasteiger partial charge in [-0.1, -0.05) is 19.9 Å². The summed E-state index contributed by atoms with van der Waals surface area (Å²) in [6, 6.07) is 0. The van der Waals surface area contributed by atoms with Crippen molar-refractivity contribution in [1.29, 1.82) is 0 Å². The van der Waals surface area contributed by atoms with Gasteiger partial charge in [-0.25, -0.2) is 0 Å². The first-order valence-corrected chi connectivity index (χ1v) is 5.62. The fourth-order valence-corrected chi connectivity index (χ4v) is 1.17. The summed E-state index contributed by atoms with van der Waals surface area (Å²) >= 11 is 1.83. The summed E-state index contributed by atoms with van der Waals surface area (Å²) in [6.45, 7) is 9.01. The summed E-state index contributed by atoms with van der Waals surface area (Å²) in [6.07, 6.45) is 7.09. The molecule has 0 aliphatic rings. The van der Waals surface area contributed by atoms with E-state index in [2.05, 4.69) is 31.7 Å². The lowest BCUT2D eigenvalue weighted by Crippen LogP contribution is -2.11. The van der Waals surface area contributed by atoms with Crippen molar-refractivity contribution < 1.29 is 0 Å². The highest BCUT2D eigenvalue weighted by Crippen LogP contribution is 2.17. The van der Waals surface area contributed by atoms with E-state index in [-0.39, 0.29) is 5.41 Å². The van der Waals surface area contributed by atoms with Gasteiger partial charge < -0.3 is 0 Å². The monoisotopic (exact) mass is 185 g/mol.